The minimum Gasteiger partial charge on any atom is -0.490 e. The number of rotatable bonds is 3. The van der Waals surface area contributed by atoms with Crippen molar-refractivity contribution in [2.45, 2.75) is 25.7 Å². The highest BCUT2D eigenvalue weighted by Crippen LogP contribution is 2.32. The number of benzene rings is 1. The summed E-state index contributed by atoms with van der Waals surface area (Å²) in [6, 6.07) is 5.58. The Labute approximate surface area is 125 Å². The maximum atomic E-state index is 12.1. The Morgan fingerprint density at radius 2 is 1.95 bits per heavy atom. The highest BCUT2D eigenvalue weighted by molar-refractivity contribution is 5.91. The van der Waals surface area contributed by atoms with Gasteiger partial charge in [0, 0.05) is 24.6 Å². The standard InChI is InChI=1S/C16H22N2O3/c19-16(10-12-4-6-17-7-5-12)18-13-2-3-14-15(11-13)21-9-1-8-20-14/h2-3,11-12,17H,1,4-10H2,(H,18,19). The number of carbonyl (C=O) groups is 1. The summed E-state index contributed by atoms with van der Waals surface area (Å²) in [6.07, 6.45) is 3.63. The van der Waals surface area contributed by atoms with E-state index in [2.05, 4.69) is 10.6 Å². The normalized spacial score (nSPS) is 18.9. The quantitative estimate of drug-likeness (QED) is 0.896. The van der Waals surface area contributed by atoms with Gasteiger partial charge in [-0.3, -0.25) is 4.79 Å². The second-order valence-electron chi connectivity index (χ2n) is 5.66. The van der Waals surface area contributed by atoms with Crippen molar-refractivity contribution in [1.29, 1.82) is 0 Å². The SMILES string of the molecule is O=C(CC1CCNCC1)Nc1ccc2c(c1)OCCCO2. The van der Waals surface area contributed by atoms with Gasteiger partial charge in [0.05, 0.1) is 13.2 Å². The minimum atomic E-state index is 0.0800. The van der Waals surface area contributed by atoms with Crippen molar-refractivity contribution < 1.29 is 14.3 Å². The lowest BCUT2D eigenvalue weighted by molar-refractivity contribution is -0.117. The summed E-state index contributed by atoms with van der Waals surface area (Å²) in [5, 5.41) is 6.28. The van der Waals surface area contributed by atoms with E-state index >= 15 is 0 Å². The van der Waals surface area contributed by atoms with E-state index in [4.69, 9.17) is 9.47 Å². The fourth-order valence-corrected chi connectivity index (χ4v) is 2.80. The number of nitrogens with one attached hydrogen (secondary N) is 2. The molecular weight excluding hydrogens is 268 g/mol. The number of hydrogen-bond acceptors (Lipinski definition) is 4. The van der Waals surface area contributed by atoms with Crippen LogP contribution in [0.2, 0.25) is 0 Å². The van der Waals surface area contributed by atoms with Crippen molar-refractivity contribution in [2.75, 3.05) is 31.6 Å². The molecular formula is C16H22N2O3. The molecule has 3 rings (SSSR count). The van der Waals surface area contributed by atoms with E-state index in [0.29, 0.717) is 31.3 Å². The van der Waals surface area contributed by atoms with Crippen LogP contribution in [0.5, 0.6) is 11.5 Å². The van der Waals surface area contributed by atoms with E-state index in [0.717, 1.165) is 43.8 Å². The molecule has 1 aromatic carbocycles. The maximum Gasteiger partial charge on any atom is 0.224 e. The van der Waals surface area contributed by atoms with E-state index < -0.39 is 0 Å². The Kier molecular flexibility index (Phi) is 4.60. The van der Waals surface area contributed by atoms with Gasteiger partial charge in [-0.2, -0.15) is 0 Å². The van der Waals surface area contributed by atoms with Gasteiger partial charge < -0.3 is 20.1 Å². The molecule has 1 amide bonds. The molecule has 5 heteroatoms. The third-order valence-electron chi connectivity index (χ3n) is 3.96. The molecule has 21 heavy (non-hydrogen) atoms. The maximum absolute atomic E-state index is 12.1. The van der Waals surface area contributed by atoms with Gasteiger partial charge >= 0.3 is 0 Å². The summed E-state index contributed by atoms with van der Waals surface area (Å²) in [6.45, 7) is 3.36. The van der Waals surface area contributed by atoms with Gasteiger partial charge in [0.1, 0.15) is 0 Å². The molecule has 0 aliphatic carbocycles. The molecule has 0 bridgehead atoms. The van der Waals surface area contributed by atoms with E-state index in [1.165, 1.54) is 0 Å². The molecule has 0 unspecified atom stereocenters. The Bertz CT molecular complexity index is 498. The topological polar surface area (TPSA) is 59.6 Å². The zero-order valence-corrected chi connectivity index (χ0v) is 12.2. The first kappa shape index (κ1) is 14.2. The number of ether oxygens (including phenoxy) is 2. The molecule has 5 nitrogen and oxygen atoms in total. The minimum absolute atomic E-state index is 0.0800. The molecule has 1 aromatic rings. The highest BCUT2D eigenvalue weighted by Gasteiger charge is 2.17. The van der Waals surface area contributed by atoms with Crippen molar-refractivity contribution in [2.24, 2.45) is 5.92 Å². The molecule has 0 aromatic heterocycles. The second kappa shape index (κ2) is 6.80. The van der Waals surface area contributed by atoms with Crippen LogP contribution in [-0.2, 0) is 4.79 Å². The van der Waals surface area contributed by atoms with Gasteiger partial charge in [0.25, 0.3) is 0 Å². The first-order valence-corrected chi connectivity index (χ1v) is 7.71. The van der Waals surface area contributed by atoms with Crippen LogP contribution in [0, 0.1) is 5.92 Å². The molecule has 0 radical (unpaired) electrons. The first-order chi connectivity index (χ1) is 10.3. The Balaban J connectivity index is 1.59. The number of piperidine rings is 1. The lowest BCUT2D eigenvalue weighted by atomic mass is 9.94. The number of carbonyl (C=O) groups excluding carboxylic acids is 1. The molecule has 1 saturated heterocycles. The lowest BCUT2D eigenvalue weighted by Crippen LogP contribution is -2.30. The van der Waals surface area contributed by atoms with Crippen LogP contribution in [0.15, 0.2) is 18.2 Å². The summed E-state index contributed by atoms with van der Waals surface area (Å²) in [7, 11) is 0. The fraction of sp³-hybridized carbons (Fsp3) is 0.562. The van der Waals surface area contributed by atoms with Gasteiger partial charge in [-0.25, -0.2) is 0 Å². The molecule has 0 spiro atoms. The van der Waals surface area contributed by atoms with Crippen molar-refractivity contribution in [3.05, 3.63) is 18.2 Å². The largest absolute Gasteiger partial charge is 0.490 e. The zero-order valence-electron chi connectivity index (χ0n) is 12.2. The Hall–Kier alpha value is -1.75. The lowest BCUT2D eigenvalue weighted by Gasteiger charge is -2.22. The van der Waals surface area contributed by atoms with Crippen LogP contribution < -0.4 is 20.1 Å². The summed E-state index contributed by atoms with van der Waals surface area (Å²) >= 11 is 0. The average Bonchev–Trinajstić information content (AvgIpc) is 2.73. The third kappa shape index (κ3) is 3.88. The van der Waals surface area contributed by atoms with Gasteiger partial charge in [0.2, 0.25) is 5.91 Å². The van der Waals surface area contributed by atoms with Crippen LogP contribution in [-0.4, -0.2) is 32.2 Å². The second-order valence-corrected chi connectivity index (χ2v) is 5.66. The Morgan fingerprint density at radius 1 is 1.19 bits per heavy atom. The van der Waals surface area contributed by atoms with Crippen molar-refractivity contribution in [3.63, 3.8) is 0 Å². The van der Waals surface area contributed by atoms with E-state index in [-0.39, 0.29) is 5.91 Å². The number of fused-ring (bicyclic) bond motifs is 1. The van der Waals surface area contributed by atoms with Crippen LogP contribution in [0.3, 0.4) is 0 Å². The predicted octanol–water partition coefficient (Wildman–Crippen LogP) is 2.18. The van der Waals surface area contributed by atoms with Crippen molar-refractivity contribution in [1.82, 2.24) is 5.32 Å². The number of hydrogen-bond donors (Lipinski definition) is 2. The smallest absolute Gasteiger partial charge is 0.224 e. The molecule has 0 saturated carbocycles. The van der Waals surface area contributed by atoms with E-state index in [1.54, 1.807) is 0 Å². The van der Waals surface area contributed by atoms with Crippen LogP contribution in [0.25, 0.3) is 0 Å². The molecule has 2 aliphatic rings. The van der Waals surface area contributed by atoms with E-state index in [1.807, 2.05) is 18.2 Å². The Morgan fingerprint density at radius 3 is 2.76 bits per heavy atom. The molecule has 2 N–H and O–H groups in total. The average molecular weight is 290 g/mol. The van der Waals surface area contributed by atoms with Gasteiger partial charge in [0.15, 0.2) is 11.5 Å². The van der Waals surface area contributed by atoms with Crippen LogP contribution in [0.1, 0.15) is 25.7 Å². The first-order valence-electron chi connectivity index (χ1n) is 7.71. The summed E-state index contributed by atoms with van der Waals surface area (Å²) < 4.78 is 11.2. The molecule has 2 heterocycles. The van der Waals surface area contributed by atoms with Crippen LogP contribution in [0.4, 0.5) is 5.69 Å². The van der Waals surface area contributed by atoms with E-state index in [9.17, 15) is 4.79 Å². The third-order valence-corrected chi connectivity index (χ3v) is 3.96. The van der Waals surface area contributed by atoms with Crippen molar-refractivity contribution in [3.8, 4) is 11.5 Å². The molecule has 2 aliphatic heterocycles. The summed E-state index contributed by atoms with van der Waals surface area (Å²) in [5.41, 5.74) is 0.776. The summed E-state index contributed by atoms with van der Waals surface area (Å²) in [5.74, 6) is 2.04. The zero-order chi connectivity index (χ0) is 14.5. The summed E-state index contributed by atoms with van der Waals surface area (Å²) in [4.78, 5) is 12.1. The number of amides is 1. The molecule has 114 valence electrons. The van der Waals surface area contributed by atoms with Crippen molar-refractivity contribution >= 4 is 11.6 Å². The van der Waals surface area contributed by atoms with Crippen LogP contribution >= 0.6 is 0 Å². The van der Waals surface area contributed by atoms with Gasteiger partial charge in [-0.1, -0.05) is 0 Å². The predicted molar refractivity (Wildman–Crippen MR) is 80.9 cm³/mol. The number of anilines is 1. The molecule has 1 fully saturated rings. The highest BCUT2D eigenvalue weighted by atomic mass is 16.5. The fourth-order valence-electron chi connectivity index (χ4n) is 2.80. The van der Waals surface area contributed by atoms with Gasteiger partial charge in [-0.15, -0.1) is 0 Å². The monoisotopic (exact) mass is 290 g/mol. The van der Waals surface area contributed by atoms with Gasteiger partial charge in [-0.05, 0) is 44.0 Å². The molecule has 0 atom stereocenters.